The van der Waals surface area contributed by atoms with E-state index in [4.69, 9.17) is 9.15 Å². The highest BCUT2D eigenvalue weighted by Gasteiger charge is 2.22. The highest BCUT2D eigenvalue weighted by molar-refractivity contribution is 7.98. The van der Waals surface area contributed by atoms with E-state index in [1.165, 1.54) is 23.1 Å². The van der Waals surface area contributed by atoms with Gasteiger partial charge >= 0.3 is 0 Å². The van der Waals surface area contributed by atoms with E-state index >= 15 is 0 Å². The number of nitrogens with one attached hydrogen (secondary N) is 1. The van der Waals surface area contributed by atoms with Crippen molar-refractivity contribution in [3.05, 3.63) is 40.0 Å². The van der Waals surface area contributed by atoms with Gasteiger partial charge in [0.25, 0.3) is 5.56 Å². The number of thiophene rings is 1. The Balaban J connectivity index is 1.39. The minimum Gasteiger partial charge on any atom is -0.464 e. The molecule has 0 aromatic carbocycles. The number of H-pyrrole nitrogens is 1. The molecule has 4 aromatic rings. The van der Waals surface area contributed by atoms with Gasteiger partial charge in [-0.2, -0.15) is 0 Å². The van der Waals surface area contributed by atoms with E-state index in [0.717, 1.165) is 36.3 Å². The lowest BCUT2D eigenvalue weighted by Gasteiger charge is -2.28. The van der Waals surface area contributed by atoms with Gasteiger partial charge in [-0.05, 0) is 18.1 Å². The van der Waals surface area contributed by atoms with Crippen LogP contribution in [0.3, 0.4) is 0 Å². The molecule has 0 atom stereocenters. The van der Waals surface area contributed by atoms with Gasteiger partial charge in [-0.1, -0.05) is 25.6 Å². The lowest BCUT2D eigenvalue weighted by atomic mass is 10.2. The Bertz CT molecular complexity index is 1250. The van der Waals surface area contributed by atoms with E-state index in [1.807, 2.05) is 17.5 Å². The summed E-state index contributed by atoms with van der Waals surface area (Å²) >= 11 is 2.98. The molecule has 168 valence electrons. The first-order chi connectivity index (χ1) is 15.6. The van der Waals surface area contributed by atoms with Crippen LogP contribution in [0.1, 0.15) is 19.7 Å². The monoisotopic (exact) mass is 472 g/mol. The number of anilines is 1. The van der Waals surface area contributed by atoms with Gasteiger partial charge in [0.05, 0.1) is 30.6 Å². The molecule has 1 aliphatic rings. The Labute approximate surface area is 192 Å². The second kappa shape index (κ2) is 9.08. The van der Waals surface area contributed by atoms with E-state index < -0.39 is 0 Å². The summed E-state index contributed by atoms with van der Waals surface area (Å²) in [6.45, 7) is 8.19. The summed E-state index contributed by atoms with van der Waals surface area (Å²) in [7, 11) is 0. The highest BCUT2D eigenvalue weighted by Crippen LogP contribution is 2.32. The van der Waals surface area contributed by atoms with E-state index in [-0.39, 0.29) is 5.56 Å². The number of nitrogens with zero attached hydrogens (tertiary/aromatic N) is 5. The maximum absolute atomic E-state index is 12.8. The van der Waals surface area contributed by atoms with Crippen LogP contribution in [-0.2, 0) is 17.0 Å². The fourth-order valence-corrected chi connectivity index (χ4v) is 5.48. The fraction of sp³-hybridized carbons (Fsp3) is 0.429. The molecule has 0 saturated carbocycles. The summed E-state index contributed by atoms with van der Waals surface area (Å²) in [5, 5.41) is 12.2. The largest absolute Gasteiger partial charge is 0.464 e. The smallest absolute Gasteiger partial charge is 0.260 e. The highest BCUT2D eigenvalue weighted by atomic mass is 32.2. The zero-order valence-electron chi connectivity index (χ0n) is 17.9. The maximum Gasteiger partial charge on any atom is 0.260 e. The standard InChI is InChI=1S/C21H24N6O3S2/c1-13(2)10-27-20(26-5-8-29-9-6-26)24-25-21(27)32-12-16-22-18(28)17-14(11-31-19(17)23-16)15-4-3-7-30-15/h3-4,7,11,13H,5-6,8-10,12H2,1-2H3,(H,22,23,28). The second-order valence-electron chi connectivity index (χ2n) is 7.99. The number of thioether (sulfide) groups is 1. The van der Waals surface area contributed by atoms with Gasteiger partial charge in [0, 0.05) is 30.6 Å². The molecule has 1 fully saturated rings. The first-order valence-corrected chi connectivity index (χ1v) is 12.4. The number of aromatic nitrogens is 5. The van der Waals surface area contributed by atoms with Crippen molar-refractivity contribution in [2.75, 3.05) is 31.2 Å². The van der Waals surface area contributed by atoms with Gasteiger partial charge < -0.3 is 19.0 Å². The molecule has 5 heterocycles. The van der Waals surface area contributed by atoms with Crippen LogP contribution in [0.2, 0.25) is 0 Å². The molecule has 9 nitrogen and oxygen atoms in total. The van der Waals surface area contributed by atoms with Crippen molar-refractivity contribution in [3.8, 4) is 11.3 Å². The van der Waals surface area contributed by atoms with Crippen molar-refractivity contribution in [2.24, 2.45) is 5.92 Å². The van der Waals surface area contributed by atoms with Gasteiger partial charge in [0.1, 0.15) is 16.4 Å². The fourth-order valence-electron chi connectivity index (χ4n) is 3.72. The zero-order valence-corrected chi connectivity index (χ0v) is 19.5. The minimum atomic E-state index is -0.157. The summed E-state index contributed by atoms with van der Waals surface area (Å²) in [6.07, 6.45) is 1.60. The average Bonchev–Trinajstić information content (AvgIpc) is 3.52. The number of fused-ring (bicyclic) bond motifs is 1. The lowest BCUT2D eigenvalue weighted by molar-refractivity contribution is 0.121. The van der Waals surface area contributed by atoms with Gasteiger partial charge in [0.15, 0.2) is 5.16 Å². The molecule has 5 rings (SSSR count). The Morgan fingerprint density at radius 3 is 2.88 bits per heavy atom. The van der Waals surface area contributed by atoms with Gasteiger partial charge in [-0.15, -0.1) is 21.5 Å². The number of hydrogen-bond acceptors (Lipinski definition) is 9. The molecular weight excluding hydrogens is 448 g/mol. The molecule has 0 amide bonds. The Hall–Kier alpha value is -2.63. The number of aromatic amines is 1. The number of furan rings is 1. The molecule has 1 saturated heterocycles. The molecule has 1 aliphatic heterocycles. The van der Waals surface area contributed by atoms with Crippen LogP contribution in [0, 0.1) is 5.92 Å². The van der Waals surface area contributed by atoms with Crippen LogP contribution >= 0.6 is 23.1 Å². The molecule has 1 N–H and O–H groups in total. The van der Waals surface area contributed by atoms with Crippen molar-refractivity contribution in [1.82, 2.24) is 24.7 Å². The molecule has 11 heteroatoms. The van der Waals surface area contributed by atoms with Crippen molar-refractivity contribution >= 4 is 39.3 Å². The van der Waals surface area contributed by atoms with Crippen LogP contribution in [0.5, 0.6) is 0 Å². The summed E-state index contributed by atoms with van der Waals surface area (Å²) in [6, 6.07) is 3.65. The van der Waals surface area contributed by atoms with E-state index in [9.17, 15) is 4.79 Å². The van der Waals surface area contributed by atoms with E-state index in [1.54, 1.807) is 6.26 Å². The second-order valence-corrected chi connectivity index (χ2v) is 9.80. The minimum absolute atomic E-state index is 0.157. The van der Waals surface area contributed by atoms with Crippen molar-refractivity contribution < 1.29 is 9.15 Å². The molecule has 32 heavy (non-hydrogen) atoms. The molecule has 4 aromatic heterocycles. The molecule has 0 spiro atoms. The Morgan fingerprint density at radius 2 is 2.12 bits per heavy atom. The first kappa shape index (κ1) is 21.2. The van der Waals surface area contributed by atoms with Gasteiger partial charge in [-0.3, -0.25) is 9.36 Å². The number of rotatable bonds is 7. The summed E-state index contributed by atoms with van der Waals surface area (Å²) in [4.78, 5) is 23.4. The predicted octanol–water partition coefficient (Wildman–Crippen LogP) is 3.62. The predicted molar refractivity (Wildman–Crippen MR) is 125 cm³/mol. The summed E-state index contributed by atoms with van der Waals surface area (Å²) in [5.41, 5.74) is 0.616. The van der Waals surface area contributed by atoms with Crippen LogP contribution in [0.4, 0.5) is 5.95 Å². The molecule has 0 aliphatic carbocycles. The van der Waals surface area contributed by atoms with Crippen LogP contribution in [-0.4, -0.2) is 51.0 Å². The molecular formula is C21H24N6O3S2. The number of ether oxygens (including phenoxy) is 1. The quantitative estimate of drug-likeness (QED) is 0.407. The third-order valence-corrected chi connectivity index (χ3v) is 7.01. The number of hydrogen-bond donors (Lipinski definition) is 1. The zero-order chi connectivity index (χ0) is 22.1. The summed E-state index contributed by atoms with van der Waals surface area (Å²) in [5.74, 6) is 3.11. The van der Waals surface area contributed by atoms with Crippen LogP contribution in [0.25, 0.3) is 21.5 Å². The maximum atomic E-state index is 12.8. The summed E-state index contributed by atoms with van der Waals surface area (Å²) < 4.78 is 13.1. The topological polar surface area (TPSA) is 102 Å². The van der Waals surface area contributed by atoms with Crippen molar-refractivity contribution in [3.63, 3.8) is 0 Å². The van der Waals surface area contributed by atoms with Gasteiger partial charge in [0.2, 0.25) is 5.95 Å². The molecule has 0 radical (unpaired) electrons. The third kappa shape index (κ3) is 4.19. The lowest BCUT2D eigenvalue weighted by Crippen LogP contribution is -2.38. The van der Waals surface area contributed by atoms with E-state index in [2.05, 4.69) is 43.5 Å². The number of morpholine rings is 1. The van der Waals surface area contributed by atoms with Crippen LogP contribution in [0.15, 0.2) is 38.1 Å². The average molecular weight is 473 g/mol. The third-order valence-electron chi connectivity index (χ3n) is 5.16. The Morgan fingerprint density at radius 1 is 1.28 bits per heavy atom. The van der Waals surface area contributed by atoms with Gasteiger partial charge in [-0.25, -0.2) is 4.98 Å². The Kier molecular flexibility index (Phi) is 6.03. The normalized spacial score (nSPS) is 14.7. The SMILES string of the molecule is CC(C)Cn1c(SCc2nc3scc(-c4ccco4)c3c(=O)[nH]2)nnc1N1CCOCC1. The van der Waals surface area contributed by atoms with Crippen molar-refractivity contribution in [2.45, 2.75) is 31.3 Å². The van der Waals surface area contributed by atoms with E-state index in [0.29, 0.717) is 46.7 Å². The van der Waals surface area contributed by atoms with Crippen LogP contribution < -0.4 is 10.5 Å². The molecule has 0 unspecified atom stereocenters. The first-order valence-electron chi connectivity index (χ1n) is 10.5. The van der Waals surface area contributed by atoms with Crippen molar-refractivity contribution in [1.29, 1.82) is 0 Å². The molecule has 0 bridgehead atoms.